The number of nitrogens with zero attached hydrogens (tertiary/aromatic N) is 3. The predicted molar refractivity (Wildman–Crippen MR) is 136 cm³/mol. The molecule has 2 fully saturated rings. The molecule has 0 saturated carbocycles. The zero-order chi connectivity index (χ0) is 26.9. The van der Waals surface area contributed by atoms with E-state index in [9.17, 15) is 23.2 Å². The van der Waals surface area contributed by atoms with Gasteiger partial charge < -0.3 is 9.64 Å². The lowest BCUT2D eigenvalue weighted by molar-refractivity contribution is -0.136. The molecular formula is C28H32F2N4O4. The van der Waals surface area contributed by atoms with Crippen LogP contribution in [-0.4, -0.2) is 77.1 Å². The van der Waals surface area contributed by atoms with E-state index in [0.29, 0.717) is 37.4 Å². The van der Waals surface area contributed by atoms with E-state index >= 15 is 0 Å². The standard InChI is InChI=1S/C28H32F2N4O4/c1-28(29,30)18-33-12-10-32(11-13-33)15-19-4-2-5-20(14-19)17-38-24-7-3-6-21-22(24)16-34(27(21)37)23-8-9-25(35)31-26(23)36/h2-7,14,23H,8-13,15-18H2,1H3,(H,31,35,36). The summed E-state index contributed by atoms with van der Waals surface area (Å²) in [6, 6.07) is 12.7. The molecule has 38 heavy (non-hydrogen) atoms. The number of nitrogens with one attached hydrogen (secondary N) is 1. The van der Waals surface area contributed by atoms with Crippen LogP contribution in [0.4, 0.5) is 8.78 Å². The van der Waals surface area contributed by atoms with E-state index in [1.165, 1.54) is 4.90 Å². The summed E-state index contributed by atoms with van der Waals surface area (Å²) in [5.41, 5.74) is 3.36. The molecule has 2 aromatic carbocycles. The molecule has 3 heterocycles. The third-order valence-electron chi connectivity index (χ3n) is 7.30. The molecule has 0 aliphatic carbocycles. The van der Waals surface area contributed by atoms with Crippen LogP contribution < -0.4 is 10.1 Å². The number of imide groups is 1. The Balaban J connectivity index is 1.19. The fourth-order valence-electron chi connectivity index (χ4n) is 5.43. The Hall–Kier alpha value is -3.37. The van der Waals surface area contributed by atoms with E-state index in [1.807, 2.05) is 29.2 Å². The average Bonchev–Trinajstić information content (AvgIpc) is 3.20. The monoisotopic (exact) mass is 526 g/mol. The zero-order valence-electron chi connectivity index (χ0n) is 21.4. The molecule has 1 atom stereocenters. The van der Waals surface area contributed by atoms with Crippen molar-refractivity contribution in [1.29, 1.82) is 0 Å². The second-order valence-electron chi connectivity index (χ2n) is 10.4. The van der Waals surface area contributed by atoms with E-state index in [2.05, 4.69) is 16.3 Å². The molecule has 3 amide bonds. The maximum Gasteiger partial charge on any atom is 0.257 e. The molecule has 1 unspecified atom stereocenters. The van der Waals surface area contributed by atoms with Crippen molar-refractivity contribution >= 4 is 17.7 Å². The third-order valence-corrected chi connectivity index (χ3v) is 7.30. The second kappa shape index (κ2) is 10.8. The number of carbonyl (C=O) groups excluding carboxylic acids is 3. The summed E-state index contributed by atoms with van der Waals surface area (Å²) in [5, 5.41) is 2.32. The van der Waals surface area contributed by atoms with Gasteiger partial charge in [-0.2, -0.15) is 0 Å². The number of benzene rings is 2. The number of amides is 3. The van der Waals surface area contributed by atoms with Crippen LogP contribution in [0.3, 0.4) is 0 Å². The second-order valence-corrected chi connectivity index (χ2v) is 10.4. The van der Waals surface area contributed by atoms with Crippen molar-refractivity contribution in [3.05, 3.63) is 64.7 Å². The highest BCUT2D eigenvalue weighted by Crippen LogP contribution is 2.34. The zero-order valence-corrected chi connectivity index (χ0v) is 21.4. The van der Waals surface area contributed by atoms with E-state index in [0.717, 1.165) is 43.2 Å². The molecule has 0 spiro atoms. The normalized spacial score (nSPS) is 21.0. The Morgan fingerprint density at radius 2 is 1.71 bits per heavy atom. The number of ether oxygens (including phenoxy) is 1. The highest BCUT2D eigenvalue weighted by molar-refractivity contribution is 6.05. The SMILES string of the molecule is CC(F)(F)CN1CCN(Cc2cccc(COc3cccc4c3CN(C3CCC(=O)NC3=O)C4=O)c2)CC1. The molecule has 3 aliphatic heterocycles. The van der Waals surface area contributed by atoms with Crippen molar-refractivity contribution in [1.82, 2.24) is 20.0 Å². The number of carbonyl (C=O) groups is 3. The summed E-state index contributed by atoms with van der Waals surface area (Å²) >= 11 is 0. The minimum atomic E-state index is -2.67. The molecule has 2 aromatic rings. The molecule has 10 heteroatoms. The average molecular weight is 527 g/mol. The Morgan fingerprint density at radius 1 is 1.00 bits per heavy atom. The van der Waals surface area contributed by atoms with Gasteiger partial charge in [0.25, 0.3) is 11.8 Å². The fraction of sp³-hybridized carbons (Fsp3) is 0.464. The van der Waals surface area contributed by atoms with E-state index in [1.54, 1.807) is 12.1 Å². The molecular weight excluding hydrogens is 494 g/mol. The Kier molecular flexibility index (Phi) is 7.45. The van der Waals surface area contributed by atoms with Crippen molar-refractivity contribution in [3.8, 4) is 5.75 Å². The van der Waals surface area contributed by atoms with E-state index < -0.39 is 17.9 Å². The predicted octanol–water partition coefficient (Wildman–Crippen LogP) is 2.80. The van der Waals surface area contributed by atoms with Crippen molar-refractivity contribution in [3.63, 3.8) is 0 Å². The van der Waals surface area contributed by atoms with Crippen LogP contribution in [0.25, 0.3) is 0 Å². The first-order valence-corrected chi connectivity index (χ1v) is 13.0. The molecule has 1 N–H and O–H groups in total. The summed E-state index contributed by atoms with van der Waals surface area (Å²) in [6.07, 6.45) is 0.522. The number of piperidine rings is 1. The Labute approximate surface area is 220 Å². The van der Waals surface area contributed by atoms with Crippen molar-refractivity contribution < 1.29 is 27.9 Å². The Bertz CT molecular complexity index is 1220. The highest BCUT2D eigenvalue weighted by atomic mass is 19.3. The van der Waals surface area contributed by atoms with Crippen LogP contribution in [0.5, 0.6) is 5.75 Å². The number of piperazine rings is 1. The third kappa shape index (κ3) is 6.02. The van der Waals surface area contributed by atoms with Gasteiger partial charge >= 0.3 is 0 Å². The van der Waals surface area contributed by atoms with Crippen LogP contribution in [0.1, 0.15) is 46.8 Å². The number of hydrogen-bond acceptors (Lipinski definition) is 6. The number of rotatable bonds is 8. The molecule has 202 valence electrons. The van der Waals surface area contributed by atoms with Gasteiger partial charge in [-0.3, -0.25) is 29.5 Å². The summed E-state index contributed by atoms with van der Waals surface area (Å²) in [4.78, 5) is 42.5. The van der Waals surface area contributed by atoms with Gasteiger partial charge in [0.2, 0.25) is 11.8 Å². The van der Waals surface area contributed by atoms with Crippen LogP contribution in [0, 0.1) is 0 Å². The molecule has 0 bridgehead atoms. The molecule has 0 radical (unpaired) electrons. The van der Waals surface area contributed by atoms with Gasteiger partial charge in [0.1, 0.15) is 18.4 Å². The van der Waals surface area contributed by atoms with Crippen LogP contribution in [0.2, 0.25) is 0 Å². The lowest BCUT2D eigenvalue weighted by Gasteiger charge is -2.35. The summed E-state index contributed by atoms with van der Waals surface area (Å²) in [7, 11) is 0. The van der Waals surface area contributed by atoms with Gasteiger partial charge in [0, 0.05) is 57.2 Å². The summed E-state index contributed by atoms with van der Waals surface area (Å²) in [6.45, 7) is 4.80. The molecule has 8 nitrogen and oxygen atoms in total. The van der Waals surface area contributed by atoms with Crippen molar-refractivity contribution in [2.45, 2.75) is 51.4 Å². The lowest BCUT2D eigenvalue weighted by Crippen LogP contribution is -2.52. The number of fused-ring (bicyclic) bond motifs is 1. The lowest BCUT2D eigenvalue weighted by atomic mass is 10.0. The van der Waals surface area contributed by atoms with Crippen molar-refractivity contribution in [2.24, 2.45) is 0 Å². The molecule has 3 aliphatic rings. The van der Waals surface area contributed by atoms with Gasteiger partial charge in [0.15, 0.2) is 0 Å². The summed E-state index contributed by atoms with van der Waals surface area (Å²) < 4.78 is 32.7. The number of halogens is 2. The quantitative estimate of drug-likeness (QED) is 0.533. The number of hydrogen-bond donors (Lipinski definition) is 1. The van der Waals surface area contributed by atoms with Gasteiger partial charge in [0.05, 0.1) is 13.1 Å². The first-order valence-electron chi connectivity index (χ1n) is 13.0. The number of alkyl halides is 2. The molecule has 2 saturated heterocycles. The molecule has 5 rings (SSSR count). The first-order chi connectivity index (χ1) is 18.2. The van der Waals surface area contributed by atoms with Gasteiger partial charge in [-0.1, -0.05) is 30.3 Å². The largest absolute Gasteiger partial charge is 0.489 e. The highest BCUT2D eigenvalue weighted by Gasteiger charge is 2.40. The minimum Gasteiger partial charge on any atom is -0.489 e. The Morgan fingerprint density at radius 3 is 2.45 bits per heavy atom. The summed E-state index contributed by atoms with van der Waals surface area (Å²) in [5.74, 6) is -3.06. The minimum absolute atomic E-state index is 0.201. The maximum atomic E-state index is 13.3. The van der Waals surface area contributed by atoms with Gasteiger partial charge in [-0.25, -0.2) is 8.78 Å². The van der Waals surface area contributed by atoms with E-state index in [-0.39, 0.29) is 31.3 Å². The molecule has 0 aromatic heterocycles. The maximum absolute atomic E-state index is 13.3. The van der Waals surface area contributed by atoms with Gasteiger partial charge in [-0.15, -0.1) is 0 Å². The van der Waals surface area contributed by atoms with E-state index in [4.69, 9.17) is 4.74 Å². The van der Waals surface area contributed by atoms with Crippen LogP contribution in [0.15, 0.2) is 42.5 Å². The topological polar surface area (TPSA) is 82.2 Å². The fourth-order valence-corrected chi connectivity index (χ4v) is 5.43. The van der Waals surface area contributed by atoms with Crippen LogP contribution >= 0.6 is 0 Å². The van der Waals surface area contributed by atoms with Crippen LogP contribution in [-0.2, 0) is 29.3 Å². The van der Waals surface area contributed by atoms with Gasteiger partial charge in [-0.05, 0) is 29.7 Å². The smallest absolute Gasteiger partial charge is 0.257 e. The first kappa shape index (κ1) is 26.2. The van der Waals surface area contributed by atoms with Crippen molar-refractivity contribution in [2.75, 3.05) is 32.7 Å².